The molecule has 0 radical (unpaired) electrons. The first-order valence-corrected chi connectivity index (χ1v) is 9.28. The van der Waals surface area contributed by atoms with E-state index in [2.05, 4.69) is 15.4 Å². The van der Waals surface area contributed by atoms with Crippen molar-refractivity contribution < 1.29 is 14.3 Å². The Morgan fingerprint density at radius 3 is 3.00 bits per heavy atom. The molecule has 9 heteroatoms. The van der Waals surface area contributed by atoms with Gasteiger partial charge in [0.05, 0.1) is 30.4 Å². The minimum atomic E-state index is -0.189. The molecule has 1 N–H and O–H groups in total. The number of aromatic nitrogens is 3. The molecular formula is C18H22ClN5O3. The molecule has 144 valence electrons. The van der Waals surface area contributed by atoms with E-state index < -0.39 is 0 Å². The number of esters is 1. The van der Waals surface area contributed by atoms with Crippen LogP contribution in [0.5, 0.6) is 0 Å². The Hall–Kier alpha value is -2.45. The SMILES string of the molecule is CCOC(=O)[C@H]1CCCN(CC(=O)Nc2cc(Cl)ccc2-n2cncn2)C1. The third-order valence-corrected chi connectivity index (χ3v) is 4.63. The Morgan fingerprint density at radius 1 is 1.41 bits per heavy atom. The van der Waals surface area contributed by atoms with E-state index in [4.69, 9.17) is 16.3 Å². The minimum absolute atomic E-state index is 0.177. The molecule has 1 amide bonds. The van der Waals surface area contributed by atoms with Crippen LogP contribution < -0.4 is 5.32 Å². The zero-order valence-corrected chi connectivity index (χ0v) is 15.9. The zero-order chi connectivity index (χ0) is 19.2. The highest BCUT2D eigenvalue weighted by Crippen LogP contribution is 2.24. The second kappa shape index (κ2) is 8.96. The zero-order valence-electron chi connectivity index (χ0n) is 15.1. The number of halogens is 1. The first-order chi connectivity index (χ1) is 13.1. The van der Waals surface area contributed by atoms with Crippen LogP contribution >= 0.6 is 11.6 Å². The molecule has 1 fully saturated rings. The van der Waals surface area contributed by atoms with Gasteiger partial charge in [-0.05, 0) is 44.5 Å². The van der Waals surface area contributed by atoms with Crippen molar-refractivity contribution in [3.05, 3.63) is 35.9 Å². The molecular weight excluding hydrogens is 370 g/mol. The lowest BCUT2D eigenvalue weighted by molar-refractivity contribution is -0.150. The van der Waals surface area contributed by atoms with Gasteiger partial charge in [-0.15, -0.1) is 0 Å². The lowest BCUT2D eigenvalue weighted by atomic mass is 9.98. The lowest BCUT2D eigenvalue weighted by Crippen LogP contribution is -2.43. The Morgan fingerprint density at radius 2 is 2.26 bits per heavy atom. The van der Waals surface area contributed by atoms with Crippen molar-refractivity contribution in [3.8, 4) is 5.69 Å². The summed E-state index contributed by atoms with van der Waals surface area (Å²) in [7, 11) is 0. The molecule has 0 aliphatic carbocycles. The summed E-state index contributed by atoms with van der Waals surface area (Å²) in [6, 6.07) is 5.17. The molecule has 27 heavy (non-hydrogen) atoms. The largest absolute Gasteiger partial charge is 0.466 e. The maximum absolute atomic E-state index is 12.6. The fraction of sp³-hybridized carbons (Fsp3) is 0.444. The van der Waals surface area contributed by atoms with Gasteiger partial charge in [-0.25, -0.2) is 9.67 Å². The molecule has 1 aromatic carbocycles. The number of hydrogen-bond acceptors (Lipinski definition) is 6. The van der Waals surface area contributed by atoms with Crippen LogP contribution in [0.2, 0.25) is 5.02 Å². The van der Waals surface area contributed by atoms with Crippen molar-refractivity contribution in [2.75, 3.05) is 31.6 Å². The number of anilines is 1. The fourth-order valence-corrected chi connectivity index (χ4v) is 3.36. The number of amides is 1. The third kappa shape index (κ3) is 5.05. The van der Waals surface area contributed by atoms with E-state index in [1.54, 1.807) is 36.1 Å². The summed E-state index contributed by atoms with van der Waals surface area (Å²) in [5, 5.41) is 7.49. The van der Waals surface area contributed by atoms with Crippen LogP contribution in [-0.4, -0.2) is 57.8 Å². The number of likely N-dealkylation sites (tertiary alicyclic amines) is 1. The highest BCUT2D eigenvalue weighted by Gasteiger charge is 2.27. The van der Waals surface area contributed by atoms with E-state index in [0.29, 0.717) is 29.5 Å². The molecule has 1 saturated heterocycles. The van der Waals surface area contributed by atoms with E-state index in [0.717, 1.165) is 19.4 Å². The molecule has 1 aliphatic heterocycles. The molecule has 1 aliphatic rings. The number of rotatable bonds is 6. The number of benzene rings is 1. The normalized spacial score (nSPS) is 17.5. The summed E-state index contributed by atoms with van der Waals surface area (Å²) in [5.41, 5.74) is 1.23. The Labute approximate surface area is 162 Å². The van der Waals surface area contributed by atoms with E-state index >= 15 is 0 Å². The van der Waals surface area contributed by atoms with Gasteiger partial charge in [0.25, 0.3) is 0 Å². The predicted molar refractivity (Wildman–Crippen MR) is 101 cm³/mol. The number of nitrogens with one attached hydrogen (secondary N) is 1. The Kier molecular flexibility index (Phi) is 6.41. The van der Waals surface area contributed by atoms with E-state index in [9.17, 15) is 9.59 Å². The van der Waals surface area contributed by atoms with Gasteiger partial charge >= 0.3 is 5.97 Å². The van der Waals surface area contributed by atoms with Gasteiger partial charge in [0.15, 0.2) is 0 Å². The van der Waals surface area contributed by atoms with Crippen molar-refractivity contribution in [3.63, 3.8) is 0 Å². The molecule has 2 aromatic rings. The lowest BCUT2D eigenvalue weighted by Gasteiger charge is -2.30. The number of hydrogen-bond donors (Lipinski definition) is 1. The number of carbonyl (C=O) groups is 2. The molecule has 1 aromatic heterocycles. The maximum atomic E-state index is 12.6. The van der Waals surface area contributed by atoms with Crippen molar-refractivity contribution >= 4 is 29.2 Å². The summed E-state index contributed by atoms with van der Waals surface area (Å²) in [6.45, 7) is 3.66. The van der Waals surface area contributed by atoms with Crippen molar-refractivity contribution in [2.45, 2.75) is 19.8 Å². The van der Waals surface area contributed by atoms with Crippen LogP contribution in [0.1, 0.15) is 19.8 Å². The van der Waals surface area contributed by atoms with Crippen molar-refractivity contribution in [1.29, 1.82) is 0 Å². The third-order valence-electron chi connectivity index (χ3n) is 4.39. The minimum Gasteiger partial charge on any atom is -0.466 e. The highest BCUT2D eigenvalue weighted by molar-refractivity contribution is 6.31. The second-order valence-corrected chi connectivity index (χ2v) is 6.81. The van der Waals surface area contributed by atoms with Gasteiger partial charge < -0.3 is 10.1 Å². The van der Waals surface area contributed by atoms with Crippen LogP contribution in [0, 0.1) is 5.92 Å². The first-order valence-electron chi connectivity index (χ1n) is 8.90. The van der Waals surface area contributed by atoms with Gasteiger partial charge in [-0.1, -0.05) is 11.6 Å². The van der Waals surface area contributed by atoms with Gasteiger partial charge in [0.1, 0.15) is 12.7 Å². The summed E-state index contributed by atoms with van der Waals surface area (Å²) in [4.78, 5) is 30.4. The number of nitrogens with zero attached hydrogens (tertiary/aromatic N) is 4. The molecule has 0 bridgehead atoms. The fourth-order valence-electron chi connectivity index (χ4n) is 3.19. The van der Waals surface area contributed by atoms with Crippen molar-refractivity contribution in [1.82, 2.24) is 19.7 Å². The topological polar surface area (TPSA) is 89.4 Å². The van der Waals surface area contributed by atoms with Crippen LogP contribution in [0.25, 0.3) is 5.69 Å². The molecule has 0 spiro atoms. The maximum Gasteiger partial charge on any atom is 0.310 e. The second-order valence-electron chi connectivity index (χ2n) is 6.38. The Balaban J connectivity index is 1.64. The van der Waals surface area contributed by atoms with Crippen LogP contribution in [0.15, 0.2) is 30.9 Å². The highest BCUT2D eigenvalue weighted by atomic mass is 35.5. The smallest absolute Gasteiger partial charge is 0.310 e. The summed E-state index contributed by atoms with van der Waals surface area (Å²) < 4.78 is 6.66. The monoisotopic (exact) mass is 391 g/mol. The molecule has 1 atom stereocenters. The van der Waals surface area contributed by atoms with Crippen LogP contribution in [-0.2, 0) is 14.3 Å². The van der Waals surface area contributed by atoms with E-state index in [1.807, 2.05) is 4.90 Å². The van der Waals surface area contributed by atoms with Crippen molar-refractivity contribution in [2.24, 2.45) is 5.92 Å². The van der Waals surface area contributed by atoms with E-state index in [1.165, 1.54) is 6.33 Å². The summed E-state index contributed by atoms with van der Waals surface area (Å²) >= 11 is 6.08. The molecule has 0 saturated carbocycles. The van der Waals surface area contributed by atoms with Crippen LogP contribution in [0.3, 0.4) is 0 Å². The number of ether oxygens (including phenoxy) is 1. The van der Waals surface area contributed by atoms with Gasteiger partial charge in [0, 0.05) is 11.6 Å². The summed E-state index contributed by atoms with van der Waals surface area (Å²) in [5.74, 6) is -0.544. The predicted octanol–water partition coefficient (Wildman–Crippen LogP) is 2.13. The average Bonchev–Trinajstić information content (AvgIpc) is 3.16. The first kappa shape index (κ1) is 19.3. The van der Waals surface area contributed by atoms with Crippen LogP contribution in [0.4, 0.5) is 5.69 Å². The van der Waals surface area contributed by atoms with Gasteiger partial charge in [0.2, 0.25) is 5.91 Å². The molecule has 0 unspecified atom stereocenters. The molecule has 8 nitrogen and oxygen atoms in total. The molecule has 2 heterocycles. The van der Waals surface area contributed by atoms with Gasteiger partial charge in [-0.2, -0.15) is 5.10 Å². The number of piperidine rings is 1. The Bertz CT molecular complexity index is 796. The quantitative estimate of drug-likeness (QED) is 0.759. The number of carbonyl (C=O) groups excluding carboxylic acids is 2. The summed E-state index contributed by atoms with van der Waals surface area (Å²) in [6.07, 6.45) is 4.62. The standard InChI is InChI=1S/C18H22ClN5O3/c1-2-27-18(26)13-4-3-7-23(9-13)10-17(25)22-15-8-14(19)5-6-16(15)24-12-20-11-21-24/h5-6,8,11-13H,2-4,7,9-10H2,1H3,(H,22,25)/t13-/m0/s1. The van der Waals surface area contributed by atoms with E-state index in [-0.39, 0.29) is 24.3 Å². The average molecular weight is 392 g/mol. The molecule has 3 rings (SSSR count). The van der Waals surface area contributed by atoms with Gasteiger partial charge in [-0.3, -0.25) is 14.5 Å².